The topological polar surface area (TPSA) is 77.5 Å². The van der Waals surface area contributed by atoms with Gasteiger partial charge in [0.25, 0.3) is 0 Å². The lowest BCUT2D eigenvalue weighted by Gasteiger charge is -2.30. The molecule has 1 aromatic heterocycles. The fourth-order valence-corrected chi connectivity index (χ4v) is 3.62. The van der Waals surface area contributed by atoms with E-state index in [1.54, 1.807) is 20.0 Å². The highest BCUT2D eigenvalue weighted by Gasteiger charge is 2.38. The van der Waals surface area contributed by atoms with Gasteiger partial charge in [0.15, 0.2) is 0 Å². The summed E-state index contributed by atoms with van der Waals surface area (Å²) >= 11 is 0. The van der Waals surface area contributed by atoms with Crippen molar-refractivity contribution in [3.8, 4) is 0 Å². The summed E-state index contributed by atoms with van der Waals surface area (Å²) in [5.74, 6) is -1.54. The average Bonchev–Trinajstić information content (AvgIpc) is 2.67. The summed E-state index contributed by atoms with van der Waals surface area (Å²) in [5, 5.41) is 4.07. The number of ether oxygens (including phenoxy) is 2. The maximum Gasteiger partial charge on any atom is 0.336 e. The SMILES string of the molecule is CCOC(=O)C1=C(C)NC(C)=C(C(=O)OCC)C1c1cccc2cccnc12. The highest BCUT2D eigenvalue weighted by atomic mass is 16.5. The van der Waals surface area contributed by atoms with Crippen LogP contribution in [0.1, 0.15) is 39.2 Å². The number of hydrogen-bond acceptors (Lipinski definition) is 6. The normalized spacial score (nSPS) is 14.9. The first-order valence-electron chi connectivity index (χ1n) is 9.36. The minimum Gasteiger partial charge on any atom is -0.463 e. The molecule has 0 spiro atoms. The Kier molecular flexibility index (Phi) is 5.78. The Morgan fingerprint density at radius 1 is 0.964 bits per heavy atom. The molecule has 1 N–H and O–H groups in total. The van der Waals surface area contributed by atoms with Gasteiger partial charge in [-0.2, -0.15) is 0 Å². The first kappa shape index (κ1) is 19.6. The molecule has 2 heterocycles. The van der Waals surface area contributed by atoms with Crippen LogP contribution < -0.4 is 5.32 Å². The van der Waals surface area contributed by atoms with Crippen molar-refractivity contribution in [2.75, 3.05) is 13.2 Å². The Labute approximate surface area is 164 Å². The molecular formula is C22H24N2O4. The molecule has 28 heavy (non-hydrogen) atoms. The summed E-state index contributed by atoms with van der Waals surface area (Å²) in [6.45, 7) is 7.62. The molecule has 2 aromatic rings. The van der Waals surface area contributed by atoms with E-state index in [0.29, 0.717) is 22.5 Å². The average molecular weight is 380 g/mol. The van der Waals surface area contributed by atoms with Crippen LogP contribution in [0.2, 0.25) is 0 Å². The van der Waals surface area contributed by atoms with E-state index in [2.05, 4.69) is 10.3 Å². The maximum absolute atomic E-state index is 12.8. The van der Waals surface area contributed by atoms with Crippen molar-refractivity contribution in [2.24, 2.45) is 0 Å². The summed E-state index contributed by atoms with van der Waals surface area (Å²) in [6.07, 6.45) is 1.70. The molecule has 0 saturated carbocycles. The Hall–Kier alpha value is -3.15. The van der Waals surface area contributed by atoms with Crippen LogP contribution in [0.15, 0.2) is 59.1 Å². The molecular weight excluding hydrogens is 356 g/mol. The van der Waals surface area contributed by atoms with Gasteiger partial charge in [0, 0.05) is 23.0 Å². The van der Waals surface area contributed by atoms with Gasteiger partial charge >= 0.3 is 11.9 Å². The number of pyridine rings is 1. The summed E-state index contributed by atoms with van der Waals surface area (Å²) < 4.78 is 10.6. The van der Waals surface area contributed by atoms with Crippen LogP contribution >= 0.6 is 0 Å². The number of nitrogens with zero attached hydrogens (tertiary/aromatic N) is 1. The number of para-hydroxylation sites is 1. The van der Waals surface area contributed by atoms with E-state index in [0.717, 1.165) is 16.5 Å². The smallest absolute Gasteiger partial charge is 0.336 e. The van der Waals surface area contributed by atoms with Gasteiger partial charge in [-0.1, -0.05) is 24.3 Å². The number of carbonyl (C=O) groups is 2. The Bertz CT molecular complexity index is 946. The first-order chi connectivity index (χ1) is 13.5. The van der Waals surface area contributed by atoms with Crippen molar-refractivity contribution < 1.29 is 19.1 Å². The molecule has 0 bridgehead atoms. The van der Waals surface area contributed by atoms with Crippen LogP contribution in [0.4, 0.5) is 0 Å². The predicted octanol–water partition coefficient (Wildman–Crippen LogP) is 3.60. The Balaban J connectivity index is 2.28. The molecule has 0 radical (unpaired) electrons. The van der Waals surface area contributed by atoms with Crippen LogP contribution in [0, 0.1) is 0 Å². The molecule has 6 nitrogen and oxygen atoms in total. The van der Waals surface area contributed by atoms with Gasteiger partial charge < -0.3 is 14.8 Å². The van der Waals surface area contributed by atoms with Gasteiger partial charge in [-0.3, -0.25) is 4.98 Å². The van der Waals surface area contributed by atoms with Crippen LogP contribution in [-0.2, 0) is 19.1 Å². The second-order valence-electron chi connectivity index (χ2n) is 6.50. The second-order valence-corrected chi connectivity index (χ2v) is 6.50. The quantitative estimate of drug-likeness (QED) is 0.799. The molecule has 0 fully saturated rings. The van der Waals surface area contributed by atoms with E-state index in [4.69, 9.17) is 9.47 Å². The molecule has 0 saturated heterocycles. The number of allylic oxidation sites excluding steroid dienone is 2. The summed E-state index contributed by atoms with van der Waals surface area (Å²) in [4.78, 5) is 30.2. The number of nitrogens with one attached hydrogen (secondary N) is 1. The Morgan fingerprint density at radius 2 is 1.54 bits per heavy atom. The largest absolute Gasteiger partial charge is 0.463 e. The molecule has 146 valence electrons. The molecule has 1 aliphatic rings. The zero-order valence-electron chi connectivity index (χ0n) is 16.5. The number of fused-ring (bicyclic) bond motifs is 1. The highest BCUT2D eigenvalue weighted by Crippen LogP contribution is 2.41. The van der Waals surface area contributed by atoms with Crippen LogP contribution in [0.3, 0.4) is 0 Å². The number of benzene rings is 1. The van der Waals surface area contributed by atoms with E-state index in [1.807, 2.05) is 44.2 Å². The fourth-order valence-electron chi connectivity index (χ4n) is 3.62. The second kappa shape index (κ2) is 8.25. The third-order valence-corrected chi connectivity index (χ3v) is 4.73. The van der Waals surface area contributed by atoms with Gasteiger partial charge in [0.05, 0.1) is 35.8 Å². The number of esters is 2. The fraction of sp³-hybridized carbons (Fsp3) is 0.318. The molecule has 6 heteroatoms. The van der Waals surface area contributed by atoms with Crippen molar-refractivity contribution >= 4 is 22.8 Å². The van der Waals surface area contributed by atoms with Crippen molar-refractivity contribution in [1.29, 1.82) is 0 Å². The molecule has 3 rings (SSSR count). The Morgan fingerprint density at radius 3 is 2.11 bits per heavy atom. The molecule has 0 aliphatic carbocycles. The lowest BCUT2D eigenvalue weighted by molar-refractivity contribution is -0.139. The lowest BCUT2D eigenvalue weighted by Crippen LogP contribution is -2.32. The van der Waals surface area contributed by atoms with Crippen LogP contribution in [0.25, 0.3) is 10.9 Å². The zero-order chi connectivity index (χ0) is 20.3. The number of dihydropyridines is 1. The van der Waals surface area contributed by atoms with Gasteiger partial charge in [-0.15, -0.1) is 0 Å². The van der Waals surface area contributed by atoms with Crippen LogP contribution in [-0.4, -0.2) is 30.1 Å². The molecule has 0 unspecified atom stereocenters. The highest BCUT2D eigenvalue weighted by molar-refractivity contribution is 6.01. The van der Waals surface area contributed by atoms with Gasteiger partial charge in [-0.25, -0.2) is 9.59 Å². The minimum absolute atomic E-state index is 0.244. The van der Waals surface area contributed by atoms with Crippen molar-refractivity contribution in [3.05, 3.63) is 64.6 Å². The van der Waals surface area contributed by atoms with Crippen molar-refractivity contribution in [1.82, 2.24) is 10.3 Å². The standard InChI is InChI=1S/C22H24N2O4/c1-5-27-21(25)17-13(3)24-14(4)18(22(26)28-6-2)19(17)16-11-7-9-15-10-8-12-23-20(15)16/h7-12,19,24H,5-6H2,1-4H3. The van der Waals surface area contributed by atoms with E-state index in [9.17, 15) is 9.59 Å². The van der Waals surface area contributed by atoms with Crippen molar-refractivity contribution in [3.63, 3.8) is 0 Å². The van der Waals surface area contributed by atoms with E-state index >= 15 is 0 Å². The van der Waals surface area contributed by atoms with E-state index in [-0.39, 0.29) is 13.2 Å². The predicted molar refractivity (Wildman–Crippen MR) is 106 cm³/mol. The molecule has 1 aromatic carbocycles. The minimum atomic E-state index is -0.627. The summed E-state index contributed by atoms with van der Waals surface area (Å²) in [5.41, 5.74) is 3.61. The van der Waals surface area contributed by atoms with Gasteiger partial charge in [0.1, 0.15) is 0 Å². The number of aromatic nitrogens is 1. The number of carbonyl (C=O) groups excluding carboxylic acids is 2. The first-order valence-corrected chi connectivity index (χ1v) is 9.36. The third kappa shape index (κ3) is 3.50. The lowest BCUT2D eigenvalue weighted by atomic mass is 9.79. The molecule has 1 aliphatic heterocycles. The zero-order valence-corrected chi connectivity index (χ0v) is 16.5. The monoisotopic (exact) mass is 380 g/mol. The van der Waals surface area contributed by atoms with E-state index < -0.39 is 17.9 Å². The summed E-state index contributed by atoms with van der Waals surface area (Å²) in [7, 11) is 0. The van der Waals surface area contributed by atoms with Gasteiger partial charge in [0.2, 0.25) is 0 Å². The van der Waals surface area contributed by atoms with Crippen LogP contribution in [0.5, 0.6) is 0 Å². The van der Waals surface area contributed by atoms with Crippen molar-refractivity contribution in [2.45, 2.75) is 33.6 Å². The number of rotatable bonds is 5. The molecule has 0 atom stereocenters. The third-order valence-electron chi connectivity index (χ3n) is 4.73. The maximum atomic E-state index is 12.8. The number of hydrogen-bond donors (Lipinski definition) is 1. The molecule has 0 amide bonds. The van der Waals surface area contributed by atoms with E-state index in [1.165, 1.54) is 0 Å². The van der Waals surface area contributed by atoms with Gasteiger partial charge in [-0.05, 0) is 39.3 Å². The summed E-state index contributed by atoms with van der Waals surface area (Å²) in [6, 6.07) is 9.55.